The number of nitrogens with one attached hydrogen (secondary N) is 1. The Morgan fingerprint density at radius 2 is 2.07 bits per heavy atom. The van der Waals surface area contributed by atoms with Gasteiger partial charge in [0.1, 0.15) is 4.21 Å². The molecule has 0 spiro atoms. The van der Waals surface area contributed by atoms with Crippen LogP contribution in [0.1, 0.15) is 28.3 Å². The SMILES string of the molecule is CN=C(NCc1ccc(S(N)(=O)=O)s1)N1CCC(c2ccccc2C)C1.I. The predicted molar refractivity (Wildman–Crippen MR) is 121 cm³/mol. The minimum Gasteiger partial charge on any atom is -0.351 e. The van der Waals surface area contributed by atoms with Gasteiger partial charge in [-0.1, -0.05) is 24.3 Å². The van der Waals surface area contributed by atoms with Gasteiger partial charge in [-0.2, -0.15) is 0 Å². The van der Waals surface area contributed by atoms with E-state index < -0.39 is 10.0 Å². The Morgan fingerprint density at radius 1 is 1.33 bits per heavy atom. The van der Waals surface area contributed by atoms with Gasteiger partial charge in [-0.15, -0.1) is 35.3 Å². The summed E-state index contributed by atoms with van der Waals surface area (Å²) in [6.07, 6.45) is 1.10. The van der Waals surface area contributed by atoms with Crippen molar-refractivity contribution >= 4 is 51.3 Å². The topological polar surface area (TPSA) is 87.8 Å². The molecule has 1 saturated heterocycles. The molecular formula is C18H25IN4O2S2. The van der Waals surface area contributed by atoms with Crippen LogP contribution in [-0.2, 0) is 16.6 Å². The van der Waals surface area contributed by atoms with E-state index in [4.69, 9.17) is 5.14 Å². The Bertz CT molecular complexity index is 912. The molecule has 0 amide bonds. The van der Waals surface area contributed by atoms with E-state index >= 15 is 0 Å². The quantitative estimate of drug-likeness (QED) is 0.369. The molecule has 0 aliphatic carbocycles. The number of thiophene rings is 1. The molecule has 27 heavy (non-hydrogen) atoms. The minimum atomic E-state index is -3.63. The molecule has 1 aliphatic rings. The molecular weight excluding hydrogens is 495 g/mol. The molecule has 1 unspecified atom stereocenters. The highest BCUT2D eigenvalue weighted by Gasteiger charge is 2.26. The molecule has 3 N–H and O–H groups in total. The summed E-state index contributed by atoms with van der Waals surface area (Å²) in [5.74, 6) is 1.34. The van der Waals surface area contributed by atoms with Crippen molar-refractivity contribution in [3.8, 4) is 0 Å². The fourth-order valence-corrected chi connectivity index (χ4v) is 5.07. The highest BCUT2D eigenvalue weighted by atomic mass is 127. The van der Waals surface area contributed by atoms with Gasteiger partial charge < -0.3 is 10.2 Å². The Hall–Kier alpha value is -1.17. The molecule has 1 aromatic heterocycles. The van der Waals surface area contributed by atoms with Gasteiger partial charge in [0.15, 0.2) is 5.96 Å². The first kappa shape index (κ1) is 22.1. The summed E-state index contributed by atoms with van der Waals surface area (Å²) in [6, 6.07) is 11.9. The van der Waals surface area contributed by atoms with E-state index in [0.717, 1.165) is 30.3 Å². The van der Waals surface area contributed by atoms with Crippen LogP contribution in [-0.4, -0.2) is 39.4 Å². The zero-order valence-electron chi connectivity index (χ0n) is 15.4. The number of halogens is 1. The lowest BCUT2D eigenvalue weighted by molar-refractivity contribution is 0.486. The Morgan fingerprint density at radius 3 is 2.70 bits per heavy atom. The van der Waals surface area contributed by atoms with Crippen molar-refractivity contribution in [2.45, 2.75) is 30.0 Å². The second-order valence-electron chi connectivity index (χ2n) is 6.45. The number of sulfonamides is 1. The number of nitrogens with two attached hydrogens (primary N) is 1. The smallest absolute Gasteiger partial charge is 0.247 e. The summed E-state index contributed by atoms with van der Waals surface area (Å²) in [5, 5.41) is 8.49. The summed E-state index contributed by atoms with van der Waals surface area (Å²) in [4.78, 5) is 7.55. The highest BCUT2D eigenvalue weighted by Crippen LogP contribution is 2.29. The minimum absolute atomic E-state index is 0. The van der Waals surface area contributed by atoms with Crippen LogP contribution in [0.25, 0.3) is 0 Å². The second-order valence-corrected chi connectivity index (χ2v) is 9.41. The summed E-state index contributed by atoms with van der Waals surface area (Å²) < 4.78 is 23.0. The molecule has 0 radical (unpaired) electrons. The molecule has 2 heterocycles. The Labute approximate surface area is 181 Å². The summed E-state index contributed by atoms with van der Waals surface area (Å²) in [5.41, 5.74) is 2.73. The van der Waals surface area contributed by atoms with Gasteiger partial charge in [-0.05, 0) is 36.6 Å². The van der Waals surface area contributed by atoms with Crippen molar-refractivity contribution in [2.24, 2.45) is 10.1 Å². The van der Waals surface area contributed by atoms with Crippen molar-refractivity contribution in [3.05, 3.63) is 52.4 Å². The maximum absolute atomic E-state index is 11.4. The Kier molecular flexibility index (Phi) is 7.66. The van der Waals surface area contributed by atoms with Crippen molar-refractivity contribution in [2.75, 3.05) is 20.1 Å². The van der Waals surface area contributed by atoms with Crippen LogP contribution in [0.15, 0.2) is 45.6 Å². The van der Waals surface area contributed by atoms with E-state index in [1.165, 1.54) is 22.5 Å². The number of primary sulfonamides is 1. The molecule has 9 heteroatoms. The molecule has 3 rings (SSSR count). The summed E-state index contributed by atoms with van der Waals surface area (Å²) in [7, 11) is -1.86. The van der Waals surface area contributed by atoms with E-state index in [-0.39, 0.29) is 28.2 Å². The first-order valence-electron chi connectivity index (χ1n) is 8.51. The number of guanidine groups is 1. The highest BCUT2D eigenvalue weighted by molar-refractivity contribution is 14.0. The number of hydrogen-bond donors (Lipinski definition) is 2. The zero-order valence-corrected chi connectivity index (χ0v) is 19.3. The lowest BCUT2D eigenvalue weighted by Crippen LogP contribution is -2.39. The van der Waals surface area contributed by atoms with Crippen molar-refractivity contribution in [3.63, 3.8) is 0 Å². The maximum Gasteiger partial charge on any atom is 0.247 e. The fraction of sp³-hybridized carbons (Fsp3) is 0.389. The number of benzene rings is 1. The molecule has 1 aromatic carbocycles. The normalized spacial score (nSPS) is 17.7. The third-order valence-electron chi connectivity index (χ3n) is 4.67. The van der Waals surface area contributed by atoms with Crippen molar-refractivity contribution < 1.29 is 8.42 Å². The fourth-order valence-electron chi connectivity index (χ4n) is 3.36. The van der Waals surface area contributed by atoms with E-state index in [9.17, 15) is 8.42 Å². The van der Waals surface area contributed by atoms with Crippen LogP contribution in [0.5, 0.6) is 0 Å². The molecule has 1 fully saturated rings. The molecule has 148 valence electrons. The van der Waals surface area contributed by atoms with Gasteiger partial charge in [-0.3, -0.25) is 4.99 Å². The van der Waals surface area contributed by atoms with E-state index in [1.54, 1.807) is 19.2 Å². The number of likely N-dealkylation sites (tertiary alicyclic amines) is 1. The summed E-state index contributed by atoms with van der Waals surface area (Å²) >= 11 is 1.19. The molecule has 0 saturated carbocycles. The van der Waals surface area contributed by atoms with Gasteiger partial charge in [0.05, 0.1) is 6.54 Å². The molecule has 0 bridgehead atoms. The van der Waals surface area contributed by atoms with Gasteiger partial charge in [0, 0.05) is 30.9 Å². The average Bonchev–Trinajstić information content (AvgIpc) is 3.25. The third-order valence-corrected chi connectivity index (χ3v) is 7.19. The second kappa shape index (κ2) is 9.35. The molecule has 2 aromatic rings. The number of aliphatic imine (C=N–C) groups is 1. The van der Waals surface area contributed by atoms with Crippen molar-refractivity contribution in [1.29, 1.82) is 0 Å². The van der Waals surface area contributed by atoms with Gasteiger partial charge in [-0.25, -0.2) is 13.6 Å². The summed E-state index contributed by atoms with van der Waals surface area (Å²) in [6.45, 7) is 4.56. The maximum atomic E-state index is 11.4. The van der Waals surface area contributed by atoms with Crippen LogP contribution >= 0.6 is 35.3 Å². The van der Waals surface area contributed by atoms with Crippen LogP contribution in [0.4, 0.5) is 0 Å². The monoisotopic (exact) mass is 520 g/mol. The molecule has 1 aliphatic heterocycles. The largest absolute Gasteiger partial charge is 0.351 e. The van der Waals surface area contributed by atoms with Crippen molar-refractivity contribution in [1.82, 2.24) is 10.2 Å². The first-order valence-corrected chi connectivity index (χ1v) is 10.9. The lowest BCUT2D eigenvalue weighted by atomic mass is 9.94. The number of hydrogen-bond acceptors (Lipinski definition) is 4. The van der Waals surface area contributed by atoms with E-state index in [1.807, 2.05) is 0 Å². The van der Waals surface area contributed by atoms with Crippen LogP contribution < -0.4 is 10.5 Å². The third kappa shape index (κ3) is 5.43. The van der Waals surface area contributed by atoms with E-state index in [0.29, 0.717) is 12.5 Å². The molecule has 1 atom stereocenters. The number of nitrogens with zero attached hydrogens (tertiary/aromatic N) is 2. The van der Waals surface area contributed by atoms with Crippen LogP contribution in [0.3, 0.4) is 0 Å². The van der Waals surface area contributed by atoms with Gasteiger partial charge >= 0.3 is 0 Å². The van der Waals surface area contributed by atoms with Gasteiger partial charge in [0.25, 0.3) is 0 Å². The van der Waals surface area contributed by atoms with Crippen LogP contribution in [0, 0.1) is 6.92 Å². The van der Waals surface area contributed by atoms with E-state index in [2.05, 4.69) is 46.4 Å². The zero-order chi connectivity index (χ0) is 18.7. The number of rotatable bonds is 4. The number of aryl methyl sites for hydroxylation is 1. The lowest BCUT2D eigenvalue weighted by Gasteiger charge is -2.22. The predicted octanol–water partition coefficient (Wildman–Crippen LogP) is 2.89. The van der Waals surface area contributed by atoms with Crippen LogP contribution in [0.2, 0.25) is 0 Å². The standard InChI is InChI=1S/C18H24N4O2S2.HI/c1-13-5-3-4-6-16(13)14-9-10-22(12-14)18(20-2)21-11-15-7-8-17(25-15)26(19,23)24;/h3-8,14H,9-12H2,1-2H3,(H,20,21)(H2,19,23,24);1H. The average molecular weight is 520 g/mol. The first-order chi connectivity index (χ1) is 12.4. The molecule has 6 nitrogen and oxygen atoms in total. The van der Waals surface area contributed by atoms with Gasteiger partial charge in [0.2, 0.25) is 10.0 Å². The Balaban J connectivity index is 0.00000261.